The van der Waals surface area contributed by atoms with Crippen LogP contribution in [0, 0.1) is 24.2 Å². The largest absolute Gasteiger partial charge is 0.458 e. The number of hydrogen-bond donors (Lipinski definition) is 2. The molecule has 0 bridgehead atoms. The number of epoxide rings is 1. The number of aliphatic hydroxyl groups is 2. The molecule has 2 unspecified atom stereocenters. The molecule has 0 aromatic carbocycles. The normalized spacial score (nSPS) is 37.5. The first kappa shape index (κ1) is 28.0. The lowest BCUT2D eigenvalue weighted by atomic mass is 9.73. The smallest absolute Gasteiger partial charge is 0.309 e. The lowest BCUT2D eigenvalue weighted by Gasteiger charge is -2.34. The van der Waals surface area contributed by atoms with Gasteiger partial charge < -0.3 is 19.7 Å². The molecule has 0 radical (unpaired) electrons. The van der Waals surface area contributed by atoms with Crippen LogP contribution in [0.25, 0.3) is 6.08 Å². The number of cyclic esters (lactones) is 1. The molecule has 1 aromatic rings. The third-order valence-corrected chi connectivity index (χ3v) is 8.72. The van der Waals surface area contributed by atoms with Crippen molar-refractivity contribution >= 4 is 29.2 Å². The lowest BCUT2D eigenvalue weighted by molar-refractivity contribution is -0.154. The molecule has 196 valence electrons. The Labute approximate surface area is 212 Å². The first-order chi connectivity index (χ1) is 16.2. The number of hydrogen-bond acceptors (Lipinski definition) is 8. The summed E-state index contributed by atoms with van der Waals surface area (Å²) in [7, 11) is 0. The maximum atomic E-state index is 13.2. The number of ketones is 1. The van der Waals surface area contributed by atoms with Crippen molar-refractivity contribution in [2.24, 2.45) is 17.3 Å². The molecular weight excluding hydrogens is 466 g/mol. The van der Waals surface area contributed by atoms with Crippen LogP contribution < -0.4 is 0 Å². The summed E-state index contributed by atoms with van der Waals surface area (Å²) < 4.78 is 11.9. The van der Waals surface area contributed by atoms with Gasteiger partial charge in [0.15, 0.2) is 0 Å². The SMILES string of the molecule is C/C(=C\c1csc(C)n1)C1C[C@@H]2O[C@]2(C)CCC[C@H](C)[C@H](O)C(C)C(=O)C(C)(C)[C@@H](O)CC(=O)O1. The summed E-state index contributed by atoms with van der Waals surface area (Å²) >= 11 is 1.56. The Bertz CT molecular complexity index is 955. The number of carbonyl (C=O) groups excluding carboxylic acids is 2. The molecule has 0 saturated carbocycles. The molecule has 3 rings (SSSR count). The van der Waals surface area contributed by atoms with E-state index in [0.717, 1.165) is 35.5 Å². The van der Waals surface area contributed by atoms with E-state index in [-0.39, 0.29) is 29.8 Å². The van der Waals surface area contributed by atoms with Gasteiger partial charge in [-0.3, -0.25) is 9.59 Å². The fraction of sp³-hybridized carbons (Fsp3) is 0.741. The van der Waals surface area contributed by atoms with Crippen molar-refractivity contribution in [2.75, 3.05) is 0 Å². The van der Waals surface area contributed by atoms with Crippen LogP contribution in [0.5, 0.6) is 0 Å². The van der Waals surface area contributed by atoms with E-state index in [1.165, 1.54) is 0 Å². The van der Waals surface area contributed by atoms with Crippen LogP contribution in [-0.2, 0) is 19.1 Å². The summed E-state index contributed by atoms with van der Waals surface area (Å²) in [4.78, 5) is 30.6. The van der Waals surface area contributed by atoms with Gasteiger partial charge in [0.1, 0.15) is 11.9 Å². The Kier molecular flexibility index (Phi) is 8.62. The van der Waals surface area contributed by atoms with Crippen LogP contribution in [-0.4, -0.2) is 57.0 Å². The monoisotopic (exact) mass is 507 g/mol. The number of Topliss-reactive ketones (excluding diaryl/α,β-unsaturated/α-hetero) is 1. The average molecular weight is 508 g/mol. The topological polar surface area (TPSA) is 109 Å². The standard InChI is InChI=1S/C27H41NO6S/c1-15-9-8-10-27(7)22(34-27)12-20(16(2)11-19-14-35-18(4)28-19)33-23(30)13-21(29)26(5,6)25(32)17(3)24(15)31/h11,14-15,17,20-22,24,29,31H,8-10,12-13H2,1-7H3/b16-11+/t15-,17?,20?,21-,22-,24-,27+/m0/s1. The molecule has 2 fully saturated rings. The molecule has 2 aliphatic rings. The molecule has 7 atom stereocenters. The fourth-order valence-corrected chi connectivity index (χ4v) is 5.64. The molecule has 7 nitrogen and oxygen atoms in total. The van der Waals surface area contributed by atoms with Crippen molar-refractivity contribution in [3.05, 3.63) is 21.7 Å². The highest BCUT2D eigenvalue weighted by molar-refractivity contribution is 7.09. The molecule has 1 aromatic heterocycles. The number of aliphatic hydroxyl groups excluding tert-OH is 2. The fourth-order valence-electron chi connectivity index (χ4n) is 5.07. The number of esters is 1. The lowest BCUT2D eigenvalue weighted by Crippen LogP contribution is -2.45. The van der Waals surface area contributed by atoms with Gasteiger partial charge in [0.2, 0.25) is 0 Å². The van der Waals surface area contributed by atoms with E-state index in [4.69, 9.17) is 9.47 Å². The van der Waals surface area contributed by atoms with E-state index in [1.54, 1.807) is 32.1 Å². The molecule has 2 N–H and O–H groups in total. The second kappa shape index (κ2) is 10.8. The van der Waals surface area contributed by atoms with Crippen molar-refractivity contribution in [3.63, 3.8) is 0 Å². The van der Waals surface area contributed by atoms with Crippen LogP contribution >= 0.6 is 11.3 Å². The predicted molar refractivity (Wildman–Crippen MR) is 136 cm³/mol. The van der Waals surface area contributed by atoms with Crippen molar-refractivity contribution in [2.45, 2.75) is 111 Å². The number of thiazole rings is 1. The summed E-state index contributed by atoms with van der Waals surface area (Å²) in [5.41, 5.74) is 0.179. The van der Waals surface area contributed by atoms with Crippen molar-refractivity contribution in [3.8, 4) is 0 Å². The molecule has 0 amide bonds. The number of aromatic nitrogens is 1. The summed E-state index contributed by atoms with van der Waals surface area (Å²) in [6.45, 7) is 12.8. The molecule has 3 heterocycles. The second-order valence-electron chi connectivity index (χ2n) is 11.3. The van der Waals surface area contributed by atoms with E-state index in [2.05, 4.69) is 11.9 Å². The highest BCUT2D eigenvalue weighted by Gasteiger charge is 2.53. The van der Waals surface area contributed by atoms with Gasteiger partial charge in [0.25, 0.3) is 0 Å². The van der Waals surface area contributed by atoms with Crippen LogP contribution in [0.15, 0.2) is 11.0 Å². The number of aryl methyl sites for hydroxylation is 1. The molecule has 35 heavy (non-hydrogen) atoms. The summed E-state index contributed by atoms with van der Waals surface area (Å²) in [6, 6.07) is 0. The summed E-state index contributed by atoms with van der Waals surface area (Å²) in [5, 5.41) is 24.6. The molecule has 0 spiro atoms. The molecule has 2 saturated heterocycles. The first-order valence-corrected chi connectivity index (χ1v) is 13.5. The molecular formula is C27H41NO6S. The number of rotatable bonds is 2. The minimum Gasteiger partial charge on any atom is -0.458 e. The van der Waals surface area contributed by atoms with Gasteiger partial charge >= 0.3 is 5.97 Å². The predicted octanol–water partition coefficient (Wildman–Crippen LogP) is 4.48. The van der Waals surface area contributed by atoms with Gasteiger partial charge in [-0.2, -0.15) is 0 Å². The van der Waals surface area contributed by atoms with E-state index in [1.807, 2.05) is 32.2 Å². The van der Waals surface area contributed by atoms with Crippen LogP contribution in [0.3, 0.4) is 0 Å². The van der Waals surface area contributed by atoms with E-state index in [0.29, 0.717) is 6.42 Å². The number of nitrogens with zero attached hydrogens (tertiary/aromatic N) is 1. The van der Waals surface area contributed by atoms with Crippen molar-refractivity contribution < 1.29 is 29.3 Å². The zero-order valence-electron chi connectivity index (χ0n) is 22.0. The Balaban J connectivity index is 1.85. The summed E-state index contributed by atoms with van der Waals surface area (Å²) in [5.74, 6) is -1.55. The van der Waals surface area contributed by atoms with E-state index < -0.39 is 35.6 Å². The maximum absolute atomic E-state index is 13.2. The van der Waals surface area contributed by atoms with Gasteiger partial charge in [-0.15, -0.1) is 11.3 Å². The van der Waals surface area contributed by atoms with Gasteiger partial charge in [-0.05, 0) is 51.2 Å². The highest BCUT2D eigenvalue weighted by Crippen LogP contribution is 2.45. The maximum Gasteiger partial charge on any atom is 0.309 e. The third-order valence-electron chi connectivity index (χ3n) is 7.93. The van der Waals surface area contributed by atoms with E-state index in [9.17, 15) is 19.8 Å². The number of fused-ring (bicyclic) bond motifs is 1. The zero-order valence-corrected chi connectivity index (χ0v) is 22.9. The second-order valence-corrected chi connectivity index (χ2v) is 12.3. The summed E-state index contributed by atoms with van der Waals surface area (Å²) in [6.07, 6.45) is 1.98. The van der Waals surface area contributed by atoms with Gasteiger partial charge in [0.05, 0.1) is 46.5 Å². The molecule has 8 heteroatoms. The van der Waals surface area contributed by atoms with Gasteiger partial charge in [-0.1, -0.05) is 34.1 Å². The van der Waals surface area contributed by atoms with Crippen molar-refractivity contribution in [1.29, 1.82) is 0 Å². The quantitative estimate of drug-likeness (QED) is 0.449. The minimum absolute atomic E-state index is 0.0455. The van der Waals surface area contributed by atoms with Crippen molar-refractivity contribution in [1.82, 2.24) is 4.98 Å². The van der Waals surface area contributed by atoms with E-state index >= 15 is 0 Å². The van der Waals surface area contributed by atoms with Gasteiger partial charge in [0, 0.05) is 17.7 Å². The number of carbonyl (C=O) groups is 2. The minimum atomic E-state index is -1.23. The van der Waals surface area contributed by atoms with Crippen LogP contribution in [0.1, 0.15) is 84.3 Å². The van der Waals surface area contributed by atoms with Crippen LogP contribution in [0.2, 0.25) is 0 Å². The first-order valence-electron chi connectivity index (χ1n) is 12.6. The van der Waals surface area contributed by atoms with Crippen LogP contribution in [0.4, 0.5) is 0 Å². The third kappa shape index (κ3) is 6.59. The Morgan fingerprint density at radius 1 is 1.23 bits per heavy atom. The molecule has 2 aliphatic heterocycles. The Hall–Kier alpha value is -1.61. The zero-order chi connectivity index (χ0) is 26.1. The molecule has 0 aliphatic carbocycles. The Morgan fingerprint density at radius 2 is 1.91 bits per heavy atom. The average Bonchev–Trinajstić information content (AvgIpc) is 3.22. The Morgan fingerprint density at radius 3 is 2.54 bits per heavy atom. The highest BCUT2D eigenvalue weighted by atomic mass is 32.1. The number of ether oxygens (including phenoxy) is 2. The van der Waals surface area contributed by atoms with Gasteiger partial charge in [-0.25, -0.2) is 4.98 Å².